The fraction of sp³-hybridized carbons (Fsp3) is 0.455. The number of aryl methyl sites for hydroxylation is 1. The molecule has 0 radical (unpaired) electrons. The Labute approximate surface area is 72.8 Å². The van der Waals surface area contributed by atoms with Crippen LogP contribution in [0.25, 0.3) is 0 Å². The molecular formula is C11H13N. The van der Waals surface area contributed by atoms with Crippen molar-refractivity contribution in [2.75, 3.05) is 6.54 Å². The molecule has 0 aromatic heterocycles. The first-order chi connectivity index (χ1) is 5.95. The van der Waals surface area contributed by atoms with Gasteiger partial charge < -0.3 is 5.32 Å². The second kappa shape index (κ2) is 2.33. The van der Waals surface area contributed by atoms with E-state index in [1.54, 1.807) is 16.7 Å². The molecule has 1 nitrogen and oxygen atoms in total. The molecule has 0 spiro atoms. The molecule has 1 aliphatic carbocycles. The smallest absolute Gasteiger partial charge is 0.0208 e. The van der Waals surface area contributed by atoms with Gasteiger partial charge in [-0.3, -0.25) is 0 Å². The van der Waals surface area contributed by atoms with Crippen LogP contribution in [0.5, 0.6) is 0 Å². The average molecular weight is 159 g/mol. The number of rotatable bonds is 0. The maximum atomic E-state index is 3.48. The van der Waals surface area contributed by atoms with Gasteiger partial charge in [0, 0.05) is 13.1 Å². The zero-order chi connectivity index (χ0) is 7.97. The van der Waals surface area contributed by atoms with Crippen LogP contribution in [0, 0.1) is 0 Å². The number of nitrogens with one attached hydrogen (secondary N) is 1. The van der Waals surface area contributed by atoms with Crippen molar-refractivity contribution >= 4 is 0 Å². The van der Waals surface area contributed by atoms with Crippen LogP contribution in [0.3, 0.4) is 0 Å². The first kappa shape index (κ1) is 6.67. The normalized spacial score (nSPS) is 25.5. The van der Waals surface area contributed by atoms with Crippen molar-refractivity contribution in [3.05, 3.63) is 34.9 Å². The largest absolute Gasteiger partial charge is 0.312 e. The predicted molar refractivity (Wildman–Crippen MR) is 49.2 cm³/mol. The van der Waals surface area contributed by atoms with Crippen molar-refractivity contribution in [1.29, 1.82) is 0 Å². The van der Waals surface area contributed by atoms with Gasteiger partial charge in [-0.1, -0.05) is 18.2 Å². The highest BCUT2D eigenvalue weighted by Gasteiger charge is 2.27. The molecule has 1 heterocycles. The Bertz CT molecular complexity index is 317. The first-order valence-electron chi connectivity index (χ1n) is 4.76. The standard InChI is InChI=1S/C11H13N/c1-2-8-4-5-10-7-12-6-9(3-1)11(8)10/h1-3,10,12H,4-7H2. The monoisotopic (exact) mass is 159 g/mol. The molecule has 0 saturated carbocycles. The molecule has 2 aliphatic rings. The van der Waals surface area contributed by atoms with Gasteiger partial charge in [0.25, 0.3) is 0 Å². The molecule has 0 amide bonds. The number of hydrogen-bond donors (Lipinski definition) is 1. The van der Waals surface area contributed by atoms with Crippen LogP contribution in [-0.4, -0.2) is 6.54 Å². The van der Waals surface area contributed by atoms with E-state index in [9.17, 15) is 0 Å². The molecule has 1 N–H and O–H groups in total. The summed E-state index contributed by atoms with van der Waals surface area (Å²) >= 11 is 0. The van der Waals surface area contributed by atoms with Gasteiger partial charge in [0.1, 0.15) is 0 Å². The average Bonchev–Trinajstić information content (AvgIpc) is 2.52. The minimum Gasteiger partial charge on any atom is -0.312 e. The summed E-state index contributed by atoms with van der Waals surface area (Å²) < 4.78 is 0. The summed E-state index contributed by atoms with van der Waals surface area (Å²) in [5.41, 5.74) is 4.83. The van der Waals surface area contributed by atoms with Gasteiger partial charge in [0.2, 0.25) is 0 Å². The molecule has 1 atom stereocenters. The lowest BCUT2D eigenvalue weighted by Gasteiger charge is -2.22. The predicted octanol–water partition coefficient (Wildman–Crippen LogP) is 1.82. The zero-order valence-corrected chi connectivity index (χ0v) is 7.14. The van der Waals surface area contributed by atoms with E-state index >= 15 is 0 Å². The zero-order valence-electron chi connectivity index (χ0n) is 7.14. The summed E-state index contributed by atoms with van der Waals surface area (Å²) in [4.78, 5) is 0. The lowest BCUT2D eigenvalue weighted by molar-refractivity contribution is 0.544. The van der Waals surface area contributed by atoms with Gasteiger partial charge in [0.05, 0.1) is 0 Å². The van der Waals surface area contributed by atoms with Gasteiger partial charge in [0.15, 0.2) is 0 Å². The highest BCUT2D eigenvalue weighted by molar-refractivity contribution is 5.43. The second-order valence-corrected chi connectivity index (χ2v) is 3.86. The second-order valence-electron chi connectivity index (χ2n) is 3.86. The van der Waals surface area contributed by atoms with Crippen LogP contribution < -0.4 is 5.32 Å². The molecule has 0 saturated heterocycles. The van der Waals surface area contributed by atoms with E-state index < -0.39 is 0 Å². The van der Waals surface area contributed by atoms with Gasteiger partial charge in [-0.2, -0.15) is 0 Å². The van der Waals surface area contributed by atoms with Gasteiger partial charge >= 0.3 is 0 Å². The van der Waals surface area contributed by atoms with Crippen LogP contribution in [0.1, 0.15) is 29.0 Å². The SMILES string of the molecule is c1cc2c3c(c1)CNCC3CC2. The lowest BCUT2D eigenvalue weighted by Crippen LogP contribution is -2.26. The maximum absolute atomic E-state index is 3.48. The van der Waals surface area contributed by atoms with E-state index in [1.165, 1.54) is 19.4 Å². The Morgan fingerprint density at radius 3 is 3.17 bits per heavy atom. The van der Waals surface area contributed by atoms with Crippen molar-refractivity contribution in [3.63, 3.8) is 0 Å². The molecule has 1 aliphatic heterocycles. The highest BCUT2D eigenvalue weighted by atomic mass is 14.9. The molecule has 1 aromatic carbocycles. The molecule has 0 fully saturated rings. The lowest BCUT2D eigenvalue weighted by atomic mass is 9.93. The molecule has 1 unspecified atom stereocenters. The van der Waals surface area contributed by atoms with Crippen LogP contribution >= 0.6 is 0 Å². The third-order valence-electron chi connectivity index (χ3n) is 3.16. The summed E-state index contributed by atoms with van der Waals surface area (Å²) in [5, 5.41) is 3.48. The minimum atomic E-state index is 0.824. The topological polar surface area (TPSA) is 12.0 Å². The summed E-state index contributed by atoms with van der Waals surface area (Å²) in [7, 11) is 0. The number of benzene rings is 1. The Kier molecular flexibility index (Phi) is 1.30. The van der Waals surface area contributed by atoms with Crippen LogP contribution in [-0.2, 0) is 13.0 Å². The third-order valence-corrected chi connectivity index (χ3v) is 3.16. The Balaban J connectivity index is 2.23. The molecule has 1 aromatic rings. The molecule has 0 bridgehead atoms. The van der Waals surface area contributed by atoms with Crippen LogP contribution in [0.2, 0.25) is 0 Å². The fourth-order valence-electron chi connectivity index (χ4n) is 2.62. The van der Waals surface area contributed by atoms with Crippen molar-refractivity contribution < 1.29 is 0 Å². The van der Waals surface area contributed by atoms with Gasteiger partial charge in [-0.15, -0.1) is 0 Å². The molecule has 1 heteroatoms. The molecular weight excluding hydrogens is 146 g/mol. The summed E-state index contributed by atoms with van der Waals surface area (Å²) in [6, 6.07) is 6.76. The quantitative estimate of drug-likeness (QED) is 0.609. The first-order valence-corrected chi connectivity index (χ1v) is 4.76. The maximum Gasteiger partial charge on any atom is 0.0208 e. The van der Waals surface area contributed by atoms with Crippen molar-refractivity contribution in [1.82, 2.24) is 5.32 Å². The fourth-order valence-corrected chi connectivity index (χ4v) is 2.62. The van der Waals surface area contributed by atoms with Crippen LogP contribution in [0.4, 0.5) is 0 Å². The Morgan fingerprint density at radius 1 is 1.25 bits per heavy atom. The van der Waals surface area contributed by atoms with E-state index in [1.807, 2.05) is 0 Å². The van der Waals surface area contributed by atoms with Crippen molar-refractivity contribution in [2.45, 2.75) is 25.3 Å². The van der Waals surface area contributed by atoms with Gasteiger partial charge in [-0.25, -0.2) is 0 Å². The highest BCUT2D eigenvalue weighted by Crippen LogP contribution is 2.37. The van der Waals surface area contributed by atoms with Crippen molar-refractivity contribution in [3.8, 4) is 0 Å². The summed E-state index contributed by atoms with van der Waals surface area (Å²) in [5.74, 6) is 0.824. The Hall–Kier alpha value is -0.820. The van der Waals surface area contributed by atoms with E-state index in [0.717, 1.165) is 12.5 Å². The van der Waals surface area contributed by atoms with Crippen LogP contribution in [0.15, 0.2) is 18.2 Å². The number of hydrogen-bond acceptors (Lipinski definition) is 1. The Morgan fingerprint density at radius 2 is 2.17 bits per heavy atom. The van der Waals surface area contributed by atoms with E-state index in [0.29, 0.717) is 0 Å². The summed E-state index contributed by atoms with van der Waals surface area (Å²) in [6.07, 6.45) is 2.66. The van der Waals surface area contributed by atoms with Gasteiger partial charge in [-0.05, 0) is 35.4 Å². The van der Waals surface area contributed by atoms with E-state index in [4.69, 9.17) is 0 Å². The third kappa shape index (κ3) is 0.774. The van der Waals surface area contributed by atoms with E-state index in [-0.39, 0.29) is 0 Å². The molecule has 3 rings (SSSR count). The van der Waals surface area contributed by atoms with Crippen molar-refractivity contribution in [2.24, 2.45) is 0 Å². The summed E-state index contributed by atoms with van der Waals surface area (Å²) in [6.45, 7) is 2.28. The molecule has 62 valence electrons. The van der Waals surface area contributed by atoms with E-state index in [2.05, 4.69) is 23.5 Å². The molecule has 12 heavy (non-hydrogen) atoms. The minimum absolute atomic E-state index is 0.824.